The molecular formula is C12H18N2O2S. The van der Waals surface area contributed by atoms with Crippen LogP contribution in [0.2, 0.25) is 0 Å². The normalized spacial score (nSPS) is 10.4. The van der Waals surface area contributed by atoms with Crippen molar-refractivity contribution >= 4 is 17.4 Å². The van der Waals surface area contributed by atoms with Crippen molar-refractivity contribution < 1.29 is 4.92 Å². The lowest BCUT2D eigenvalue weighted by Gasteiger charge is -2.04. The molecule has 1 aromatic carbocycles. The van der Waals surface area contributed by atoms with Crippen LogP contribution in [0.3, 0.4) is 0 Å². The highest BCUT2D eigenvalue weighted by atomic mass is 32.2. The lowest BCUT2D eigenvalue weighted by atomic mass is 10.2. The van der Waals surface area contributed by atoms with Gasteiger partial charge < -0.3 is 5.32 Å². The molecule has 0 fully saturated rings. The zero-order valence-corrected chi connectivity index (χ0v) is 10.8. The van der Waals surface area contributed by atoms with E-state index >= 15 is 0 Å². The third-order valence-corrected chi connectivity index (χ3v) is 3.10. The van der Waals surface area contributed by atoms with Gasteiger partial charge in [0.05, 0.1) is 4.92 Å². The lowest BCUT2D eigenvalue weighted by molar-refractivity contribution is -0.384. The van der Waals surface area contributed by atoms with Crippen LogP contribution in [-0.2, 0) is 6.54 Å². The van der Waals surface area contributed by atoms with Gasteiger partial charge in [0, 0.05) is 18.7 Å². The van der Waals surface area contributed by atoms with Crippen LogP contribution < -0.4 is 5.32 Å². The van der Waals surface area contributed by atoms with Crippen molar-refractivity contribution in [2.75, 3.05) is 18.6 Å². The number of nitro benzene ring substituents is 1. The van der Waals surface area contributed by atoms with E-state index in [-0.39, 0.29) is 10.6 Å². The number of nitrogens with one attached hydrogen (secondary N) is 1. The molecule has 94 valence electrons. The standard InChI is InChI=1S/C12H18N2O2S/c1-17-8-3-2-7-13-10-11-5-4-6-12(9-11)14(15)16/h4-6,9,13H,2-3,7-8,10H2,1H3. The molecule has 0 spiro atoms. The maximum atomic E-state index is 10.6. The van der Waals surface area contributed by atoms with Gasteiger partial charge in [-0.05, 0) is 37.0 Å². The average molecular weight is 254 g/mol. The van der Waals surface area contributed by atoms with Crippen molar-refractivity contribution in [2.45, 2.75) is 19.4 Å². The van der Waals surface area contributed by atoms with E-state index in [0.717, 1.165) is 18.5 Å². The second kappa shape index (κ2) is 8.08. The Hall–Kier alpha value is -1.07. The largest absolute Gasteiger partial charge is 0.313 e. The summed E-state index contributed by atoms with van der Waals surface area (Å²) in [6.07, 6.45) is 4.47. The van der Waals surface area contributed by atoms with Crippen molar-refractivity contribution in [3.05, 3.63) is 39.9 Å². The highest BCUT2D eigenvalue weighted by molar-refractivity contribution is 7.98. The predicted molar refractivity (Wildman–Crippen MR) is 72.4 cm³/mol. The highest BCUT2D eigenvalue weighted by Gasteiger charge is 2.04. The summed E-state index contributed by atoms with van der Waals surface area (Å²) in [5, 5.41) is 13.9. The number of rotatable bonds is 8. The number of nitrogens with zero attached hydrogens (tertiary/aromatic N) is 1. The molecule has 1 aromatic rings. The number of benzene rings is 1. The Morgan fingerprint density at radius 2 is 2.24 bits per heavy atom. The molecule has 0 amide bonds. The van der Waals surface area contributed by atoms with Gasteiger partial charge >= 0.3 is 0 Å². The zero-order chi connectivity index (χ0) is 12.5. The minimum absolute atomic E-state index is 0.159. The van der Waals surface area contributed by atoms with Gasteiger partial charge in [0.1, 0.15) is 0 Å². The summed E-state index contributed by atoms with van der Waals surface area (Å²) < 4.78 is 0. The molecule has 0 heterocycles. The molecule has 0 aromatic heterocycles. The second-order valence-electron chi connectivity index (χ2n) is 3.80. The van der Waals surface area contributed by atoms with Crippen LogP contribution in [0.25, 0.3) is 0 Å². The van der Waals surface area contributed by atoms with Gasteiger partial charge in [0.15, 0.2) is 0 Å². The summed E-state index contributed by atoms with van der Waals surface area (Å²) in [5.41, 5.74) is 1.12. The van der Waals surface area contributed by atoms with Gasteiger partial charge in [-0.3, -0.25) is 10.1 Å². The molecule has 0 aliphatic rings. The van der Waals surface area contributed by atoms with Gasteiger partial charge in [-0.25, -0.2) is 0 Å². The van der Waals surface area contributed by atoms with Crippen molar-refractivity contribution in [3.8, 4) is 0 Å². The van der Waals surface area contributed by atoms with Crippen molar-refractivity contribution in [3.63, 3.8) is 0 Å². The maximum Gasteiger partial charge on any atom is 0.269 e. The Morgan fingerprint density at radius 3 is 2.94 bits per heavy atom. The fourth-order valence-electron chi connectivity index (χ4n) is 1.51. The molecule has 4 nitrogen and oxygen atoms in total. The molecule has 0 aliphatic heterocycles. The Morgan fingerprint density at radius 1 is 1.41 bits per heavy atom. The van der Waals surface area contributed by atoms with Crippen molar-refractivity contribution in [2.24, 2.45) is 0 Å². The fourth-order valence-corrected chi connectivity index (χ4v) is 2.00. The second-order valence-corrected chi connectivity index (χ2v) is 4.79. The van der Waals surface area contributed by atoms with Crippen LogP contribution in [0, 0.1) is 10.1 Å². The summed E-state index contributed by atoms with van der Waals surface area (Å²) >= 11 is 1.86. The van der Waals surface area contributed by atoms with E-state index in [1.807, 2.05) is 17.8 Å². The van der Waals surface area contributed by atoms with E-state index < -0.39 is 0 Å². The maximum absolute atomic E-state index is 10.6. The molecular weight excluding hydrogens is 236 g/mol. The molecule has 1 rings (SSSR count). The van der Waals surface area contributed by atoms with E-state index in [9.17, 15) is 10.1 Å². The zero-order valence-electron chi connectivity index (χ0n) is 10.0. The topological polar surface area (TPSA) is 55.2 Å². The Kier molecular flexibility index (Phi) is 6.65. The third-order valence-electron chi connectivity index (χ3n) is 2.40. The third kappa shape index (κ3) is 5.70. The van der Waals surface area contributed by atoms with E-state index in [1.165, 1.54) is 18.2 Å². The molecule has 0 unspecified atom stereocenters. The number of thioether (sulfide) groups is 1. The summed E-state index contributed by atoms with van der Waals surface area (Å²) in [7, 11) is 0. The first-order valence-corrected chi connectivity index (χ1v) is 7.06. The van der Waals surface area contributed by atoms with E-state index in [2.05, 4.69) is 11.6 Å². The number of hydrogen-bond donors (Lipinski definition) is 1. The van der Waals surface area contributed by atoms with Crippen molar-refractivity contribution in [1.82, 2.24) is 5.32 Å². The molecule has 1 N–H and O–H groups in total. The molecule has 0 atom stereocenters. The Balaban J connectivity index is 2.27. The predicted octanol–water partition coefficient (Wildman–Crippen LogP) is 2.83. The van der Waals surface area contributed by atoms with E-state index in [4.69, 9.17) is 0 Å². The first kappa shape index (κ1) is 14.0. The van der Waals surface area contributed by atoms with Gasteiger partial charge in [-0.1, -0.05) is 12.1 Å². The smallest absolute Gasteiger partial charge is 0.269 e. The molecule has 17 heavy (non-hydrogen) atoms. The number of hydrogen-bond acceptors (Lipinski definition) is 4. The van der Waals surface area contributed by atoms with Crippen LogP contribution in [-0.4, -0.2) is 23.5 Å². The Labute approximate surface area is 106 Å². The molecule has 0 bridgehead atoms. The number of unbranched alkanes of at least 4 members (excludes halogenated alkanes) is 1. The minimum atomic E-state index is -0.359. The first-order valence-electron chi connectivity index (χ1n) is 5.67. The van der Waals surface area contributed by atoms with Gasteiger partial charge in [-0.15, -0.1) is 0 Å². The highest BCUT2D eigenvalue weighted by Crippen LogP contribution is 2.12. The molecule has 0 saturated carbocycles. The molecule has 0 saturated heterocycles. The number of nitro groups is 1. The minimum Gasteiger partial charge on any atom is -0.313 e. The van der Waals surface area contributed by atoms with Crippen LogP contribution >= 0.6 is 11.8 Å². The molecule has 0 aliphatic carbocycles. The van der Waals surface area contributed by atoms with E-state index in [0.29, 0.717) is 6.54 Å². The van der Waals surface area contributed by atoms with Crippen LogP contribution in [0.1, 0.15) is 18.4 Å². The van der Waals surface area contributed by atoms with Gasteiger partial charge in [0.2, 0.25) is 0 Å². The van der Waals surface area contributed by atoms with Gasteiger partial charge in [0.25, 0.3) is 5.69 Å². The summed E-state index contributed by atoms with van der Waals surface area (Å²) in [6, 6.07) is 6.77. The number of non-ortho nitro benzene ring substituents is 1. The van der Waals surface area contributed by atoms with Crippen LogP contribution in [0.5, 0.6) is 0 Å². The monoisotopic (exact) mass is 254 g/mol. The van der Waals surface area contributed by atoms with Gasteiger partial charge in [-0.2, -0.15) is 11.8 Å². The summed E-state index contributed by atoms with van der Waals surface area (Å²) in [4.78, 5) is 10.2. The average Bonchev–Trinajstić information content (AvgIpc) is 2.34. The summed E-state index contributed by atoms with van der Waals surface area (Å²) in [5.74, 6) is 1.19. The van der Waals surface area contributed by atoms with Crippen molar-refractivity contribution in [1.29, 1.82) is 0 Å². The summed E-state index contributed by atoms with van der Waals surface area (Å²) in [6.45, 7) is 1.66. The molecule has 5 heteroatoms. The molecule has 0 radical (unpaired) electrons. The van der Waals surface area contributed by atoms with Crippen LogP contribution in [0.15, 0.2) is 24.3 Å². The van der Waals surface area contributed by atoms with Crippen LogP contribution in [0.4, 0.5) is 5.69 Å². The lowest BCUT2D eigenvalue weighted by Crippen LogP contribution is -2.14. The quantitative estimate of drug-likeness (QED) is 0.440. The van der Waals surface area contributed by atoms with E-state index in [1.54, 1.807) is 12.1 Å². The fraction of sp³-hybridized carbons (Fsp3) is 0.500. The SMILES string of the molecule is CSCCCCNCc1cccc([N+](=O)[O-])c1. The Bertz CT molecular complexity index is 358. The first-order chi connectivity index (χ1) is 8.24.